The van der Waals surface area contributed by atoms with Gasteiger partial charge >= 0.3 is 0 Å². The molecular weight excluding hydrogens is 311 g/mol. The lowest BCUT2D eigenvalue weighted by Gasteiger charge is -2.25. The van der Waals surface area contributed by atoms with Crippen LogP contribution in [0.5, 0.6) is 0 Å². The quantitative estimate of drug-likeness (QED) is 0.642. The van der Waals surface area contributed by atoms with Gasteiger partial charge in [0.05, 0.1) is 10.6 Å². The topological polar surface area (TPSA) is 47.3 Å². The normalized spacial score (nSPS) is 21.3. The summed E-state index contributed by atoms with van der Waals surface area (Å²) in [6.07, 6.45) is 5.43. The van der Waals surface area contributed by atoms with Crippen LogP contribution < -0.4 is 11.3 Å². The van der Waals surface area contributed by atoms with Crippen LogP contribution in [0.15, 0.2) is 22.7 Å². The van der Waals surface area contributed by atoms with Crippen molar-refractivity contribution in [3.8, 4) is 0 Å². The van der Waals surface area contributed by atoms with Crippen LogP contribution in [0.25, 0.3) is 0 Å². The van der Waals surface area contributed by atoms with E-state index < -0.39 is 0 Å². The maximum Gasteiger partial charge on any atom is 0.142 e. The minimum Gasteiger partial charge on any atom is -0.378 e. The zero-order valence-electron chi connectivity index (χ0n) is 10.9. The summed E-state index contributed by atoms with van der Waals surface area (Å²) in [5.41, 5.74) is 3.31. The summed E-state index contributed by atoms with van der Waals surface area (Å²) in [6, 6.07) is 5.11. The molecule has 1 aliphatic heterocycles. The summed E-state index contributed by atoms with van der Waals surface area (Å²) in [6.45, 7) is 0.844. The van der Waals surface area contributed by atoms with Gasteiger partial charge in [0.2, 0.25) is 0 Å². The van der Waals surface area contributed by atoms with Gasteiger partial charge in [-0.05, 0) is 54.1 Å². The second-order valence-corrected chi connectivity index (χ2v) is 5.78. The summed E-state index contributed by atoms with van der Waals surface area (Å²) < 4.78 is 20.2. The molecule has 2 rings (SSSR count). The number of benzene rings is 1. The largest absolute Gasteiger partial charge is 0.378 e. The van der Waals surface area contributed by atoms with Crippen molar-refractivity contribution >= 4 is 15.9 Å². The van der Waals surface area contributed by atoms with Gasteiger partial charge in [0.1, 0.15) is 5.82 Å². The number of ether oxygens (including phenoxy) is 1. The first kappa shape index (κ1) is 14.9. The molecule has 0 aliphatic carbocycles. The van der Waals surface area contributed by atoms with Gasteiger partial charge in [-0.15, -0.1) is 0 Å². The van der Waals surface area contributed by atoms with Crippen LogP contribution in [0.4, 0.5) is 4.39 Å². The van der Waals surface area contributed by atoms with E-state index in [0.29, 0.717) is 16.1 Å². The predicted molar refractivity (Wildman–Crippen MR) is 77.0 cm³/mol. The van der Waals surface area contributed by atoms with Crippen LogP contribution in [0.1, 0.15) is 43.7 Å². The average Bonchev–Trinajstić information content (AvgIpc) is 2.45. The summed E-state index contributed by atoms with van der Waals surface area (Å²) in [7, 11) is 0. The Morgan fingerprint density at radius 3 is 3.00 bits per heavy atom. The van der Waals surface area contributed by atoms with Crippen molar-refractivity contribution < 1.29 is 9.13 Å². The van der Waals surface area contributed by atoms with Crippen molar-refractivity contribution in [2.45, 2.75) is 44.2 Å². The van der Waals surface area contributed by atoms with Crippen LogP contribution in [-0.2, 0) is 4.74 Å². The highest BCUT2D eigenvalue weighted by molar-refractivity contribution is 9.10. The van der Waals surface area contributed by atoms with E-state index in [9.17, 15) is 4.39 Å². The van der Waals surface area contributed by atoms with Crippen LogP contribution >= 0.6 is 15.9 Å². The molecule has 0 radical (unpaired) electrons. The molecule has 1 heterocycles. The Hall–Kier alpha value is -0.490. The Labute approximate surface area is 121 Å². The fourth-order valence-corrected chi connectivity index (χ4v) is 2.89. The molecule has 3 nitrogen and oxygen atoms in total. The molecule has 0 bridgehead atoms. The maximum absolute atomic E-state index is 14.0. The molecule has 0 saturated carbocycles. The van der Waals surface area contributed by atoms with Gasteiger partial charge in [-0.1, -0.05) is 12.1 Å². The lowest BCUT2D eigenvalue weighted by atomic mass is 9.97. The first-order chi connectivity index (χ1) is 9.22. The van der Waals surface area contributed by atoms with E-state index in [1.54, 1.807) is 12.1 Å². The second kappa shape index (κ2) is 7.33. The molecule has 1 aliphatic rings. The average molecular weight is 331 g/mol. The summed E-state index contributed by atoms with van der Waals surface area (Å²) >= 11 is 3.20. The summed E-state index contributed by atoms with van der Waals surface area (Å²) in [4.78, 5) is 0. The zero-order chi connectivity index (χ0) is 13.7. The third-order valence-corrected chi connectivity index (χ3v) is 4.22. The smallest absolute Gasteiger partial charge is 0.142 e. The van der Waals surface area contributed by atoms with Gasteiger partial charge in [-0.2, -0.15) is 0 Å². The lowest BCUT2D eigenvalue weighted by molar-refractivity contribution is 0.00848. The molecule has 106 valence electrons. The molecule has 2 unspecified atom stereocenters. The maximum atomic E-state index is 14.0. The Morgan fingerprint density at radius 2 is 2.32 bits per heavy atom. The van der Waals surface area contributed by atoms with Crippen molar-refractivity contribution in [2.75, 3.05) is 6.61 Å². The van der Waals surface area contributed by atoms with E-state index in [2.05, 4.69) is 21.4 Å². The lowest BCUT2D eigenvalue weighted by Crippen LogP contribution is -2.30. The number of halogens is 2. The van der Waals surface area contributed by atoms with E-state index in [0.717, 1.165) is 32.3 Å². The molecule has 1 saturated heterocycles. The molecule has 1 fully saturated rings. The summed E-state index contributed by atoms with van der Waals surface area (Å²) in [5, 5.41) is 0. The first-order valence-corrected chi connectivity index (χ1v) is 7.53. The molecule has 5 heteroatoms. The Bertz CT molecular complexity index is 410. The van der Waals surface area contributed by atoms with Crippen LogP contribution in [-0.4, -0.2) is 12.7 Å². The molecule has 2 atom stereocenters. The highest BCUT2D eigenvalue weighted by atomic mass is 79.9. The molecule has 1 aromatic rings. The monoisotopic (exact) mass is 330 g/mol. The predicted octanol–water partition coefficient (Wildman–Crippen LogP) is 3.44. The number of rotatable bonds is 5. The molecule has 19 heavy (non-hydrogen) atoms. The van der Waals surface area contributed by atoms with Gasteiger partial charge < -0.3 is 4.74 Å². The van der Waals surface area contributed by atoms with E-state index in [4.69, 9.17) is 10.6 Å². The van der Waals surface area contributed by atoms with Crippen molar-refractivity contribution in [3.63, 3.8) is 0 Å². The van der Waals surface area contributed by atoms with Crippen molar-refractivity contribution in [1.29, 1.82) is 0 Å². The fraction of sp³-hybridized carbons (Fsp3) is 0.571. The zero-order valence-corrected chi connectivity index (χ0v) is 12.5. The van der Waals surface area contributed by atoms with Gasteiger partial charge in [0, 0.05) is 18.2 Å². The van der Waals surface area contributed by atoms with E-state index in [-0.39, 0.29) is 11.9 Å². The van der Waals surface area contributed by atoms with Crippen molar-refractivity contribution in [3.05, 3.63) is 34.1 Å². The minimum absolute atomic E-state index is 0.178. The molecule has 0 spiro atoms. The number of hydrogen-bond donors (Lipinski definition) is 2. The standard InChI is InChI=1S/C14H20BrFN2O/c15-12-6-3-5-11(14(12)16)13(18-17)8-7-10-4-1-2-9-19-10/h3,5-6,10,13,18H,1-2,4,7-9,17H2. The first-order valence-electron chi connectivity index (χ1n) is 6.74. The van der Waals surface area contributed by atoms with Gasteiger partial charge in [-0.25, -0.2) is 4.39 Å². The number of nitrogens with two attached hydrogens (primary N) is 1. The number of nitrogens with one attached hydrogen (secondary N) is 1. The van der Waals surface area contributed by atoms with Gasteiger partial charge in [0.25, 0.3) is 0 Å². The highest BCUT2D eigenvalue weighted by Gasteiger charge is 2.20. The van der Waals surface area contributed by atoms with Gasteiger partial charge in [0.15, 0.2) is 0 Å². The van der Waals surface area contributed by atoms with E-state index in [1.165, 1.54) is 6.42 Å². The molecule has 3 N–H and O–H groups in total. The minimum atomic E-state index is -0.241. The van der Waals surface area contributed by atoms with E-state index in [1.807, 2.05) is 6.07 Å². The number of hydrazine groups is 1. The Kier molecular flexibility index (Phi) is 5.76. The van der Waals surface area contributed by atoms with Crippen LogP contribution in [0.3, 0.4) is 0 Å². The molecule has 1 aromatic carbocycles. The fourth-order valence-electron chi connectivity index (χ4n) is 2.51. The van der Waals surface area contributed by atoms with E-state index >= 15 is 0 Å². The number of hydrogen-bond acceptors (Lipinski definition) is 3. The third-order valence-electron chi connectivity index (χ3n) is 3.61. The third kappa shape index (κ3) is 3.99. The summed E-state index contributed by atoms with van der Waals surface area (Å²) in [5.74, 6) is 5.33. The molecular formula is C14H20BrFN2O. The second-order valence-electron chi connectivity index (χ2n) is 4.93. The molecule has 0 aromatic heterocycles. The van der Waals surface area contributed by atoms with Crippen LogP contribution in [0.2, 0.25) is 0 Å². The van der Waals surface area contributed by atoms with Crippen molar-refractivity contribution in [1.82, 2.24) is 5.43 Å². The Morgan fingerprint density at radius 1 is 1.47 bits per heavy atom. The van der Waals surface area contributed by atoms with Gasteiger partial charge in [-0.3, -0.25) is 11.3 Å². The highest BCUT2D eigenvalue weighted by Crippen LogP contribution is 2.28. The Balaban J connectivity index is 1.97. The van der Waals surface area contributed by atoms with Crippen molar-refractivity contribution in [2.24, 2.45) is 5.84 Å². The molecule has 0 amide bonds. The SMILES string of the molecule is NNC(CCC1CCCCO1)c1cccc(Br)c1F. The van der Waals surface area contributed by atoms with Crippen LogP contribution in [0, 0.1) is 5.82 Å².